The topological polar surface area (TPSA) is 75.8 Å². The van der Waals surface area contributed by atoms with Crippen molar-refractivity contribution in [2.45, 2.75) is 50.8 Å². The number of anilines is 2. The van der Waals surface area contributed by atoms with E-state index in [4.69, 9.17) is 10.5 Å². The number of aliphatic hydroxyl groups is 1. The average molecular weight is 296 g/mol. The molecule has 2 fully saturated rings. The van der Waals surface area contributed by atoms with Gasteiger partial charge in [0.2, 0.25) is 0 Å². The highest BCUT2D eigenvalue weighted by molar-refractivity contribution is 7.18. The third-order valence-corrected chi connectivity index (χ3v) is 5.32. The molecule has 2 aliphatic heterocycles. The van der Waals surface area contributed by atoms with Crippen LogP contribution in [0.25, 0.3) is 0 Å². The van der Waals surface area contributed by atoms with Gasteiger partial charge in [-0.2, -0.15) is 0 Å². The van der Waals surface area contributed by atoms with Crippen molar-refractivity contribution in [2.75, 3.05) is 17.2 Å². The molecule has 0 spiro atoms. The van der Waals surface area contributed by atoms with E-state index in [9.17, 15) is 9.90 Å². The number of esters is 1. The number of rotatable bonds is 3. The molecule has 3 N–H and O–H groups in total. The van der Waals surface area contributed by atoms with Gasteiger partial charge in [-0.25, -0.2) is 4.79 Å². The van der Waals surface area contributed by atoms with E-state index >= 15 is 0 Å². The number of nitrogens with zero attached hydrogens (tertiary/aromatic N) is 1. The summed E-state index contributed by atoms with van der Waals surface area (Å²) in [6.07, 6.45) is 3.64. The zero-order chi connectivity index (χ0) is 14.3. The van der Waals surface area contributed by atoms with Crippen LogP contribution in [0.3, 0.4) is 0 Å². The summed E-state index contributed by atoms with van der Waals surface area (Å²) >= 11 is 1.41. The lowest BCUT2D eigenvalue weighted by Crippen LogP contribution is -2.44. The monoisotopic (exact) mass is 296 g/mol. The molecule has 2 saturated heterocycles. The molecule has 2 atom stereocenters. The zero-order valence-corrected chi connectivity index (χ0v) is 12.4. The predicted molar refractivity (Wildman–Crippen MR) is 79.2 cm³/mol. The van der Waals surface area contributed by atoms with E-state index in [0.29, 0.717) is 29.3 Å². The second-order valence-electron chi connectivity index (χ2n) is 5.51. The number of nitrogens with two attached hydrogens (primary N) is 1. The summed E-state index contributed by atoms with van der Waals surface area (Å²) < 4.78 is 5.03. The number of ether oxygens (including phenoxy) is 1. The van der Waals surface area contributed by atoms with Gasteiger partial charge in [0.15, 0.2) is 0 Å². The summed E-state index contributed by atoms with van der Waals surface area (Å²) in [7, 11) is 0. The van der Waals surface area contributed by atoms with Crippen molar-refractivity contribution in [3.8, 4) is 0 Å². The van der Waals surface area contributed by atoms with E-state index in [0.717, 1.165) is 30.7 Å². The predicted octanol–water partition coefficient (Wildman–Crippen LogP) is 2.00. The number of hydrogen-bond acceptors (Lipinski definition) is 6. The van der Waals surface area contributed by atoms with Gasteiger partial charge < -0.3 is 20.5 Å². The van der Waals surface area contributed by atoms with Crippen LogP contribution in [0, 0.1) is 0 Å². The summed E-state index contributed by atoms with van der Waals surface area (Å²) in [6.45, 7) is 2.14. The van der Waals surface area contributed by atoms with Crippen molar-refractivity contribution in [2.24, 2.45) is 0 Å². The van der Waals surface area contributed by atoms with Gasteiger partial charge in [-0.1, -0.05) is 0 Å². The average Bonchev–Trinajstić information content (AvgIpc) is 2.88. The molecule has 6 heteroatoms. The first-order valence-electron chi connectivity index (χ1n) is 7.13. The zero-order valence-electron chi connectivity index (χ0n) is 11.5. The lowest BCUT2D eigenvalue weighted by atomic mass is 10.0. The molecule has 20 heavy (non-hydrogen) atoms. The fourth-order valence-electron chi connectivity index (χ4n) is 3.38. The first-order valence-corrected chi connectivity index (χ1v) is 7.94. The van der Waals surface area contributed by atoms with E-state index in [-0.39, 0.29) is 12.1 Å². The number of aliphatic hydroxyl groups excluding tert-OH is 1. The van der Waals surface area contributed by atoms with Crippen LogP contribution < -0.4 is 10.6 Å². The van der Waals surface area contributed by atoms with Gasteiger partial charge in [0.1, 0.15) is 4.88 Å². The van der Waals surface area contributed by atoms with Gasteiger partial charge >= 0.3 is 5.97 Å². The first-order chi connectivity index (χ1) is 9.60. The minimum atomic E-state index is -0.342. The van der Waals surface area contributed by atoms with Gasteiger partial charge in [0.25, 0.3) is 0 Å². The molecule has 2 aliphatic rings. The van der Waals surface area contributed by atoms with Crippen molar-refractivity contribution in [1.82, 2.24) is 0 Å². The Balaban J connectivity index is 1.85. The summed E-state index contributed by atoms with van der Waals surface area (Å²) in [5.74, 6) is -0.342. The van der Waals surface area contributed by atoms with E-state index < -0.39 is 0 Å². The Morgan fingerprint density at radius 1 is 1.50 bits per heavy atom. The number of hydrogen-bond donors (Lipinski definition) is 2. The maximum atomic E-state index is 11.8. The molecular formula is C14H20N2O3S. The van der Waals surface area contributed by atoms with Crippen molar-refractivity contribution < 1.29 is 14.6 Å². The summed E-state index contributed by atoms with van der Waals surface area (Å²) in [4.78, 5) is 14.7. The lowest BCUT2D eigenvalue weighted by molar-refractivity contribution is 0.0533. The third kappa shape index (κ3) is 2.27. The van der Waals surface area contributed by atoms with Gasteiger partial charge in [-0.05, 0) is 38.7 Å². The van der Waals surface area contributed by atoms with E-state index in [1.807, 2.05) is 6.07 Å². The minimum Gasteiger partial charge on any atom is -0.462 e. The normalized spacial score (nSPS) is 28.7. The smallest absolute Gasteiger partial charge is 0.350 e. The van der Waals surface area contributed by atoms with Crippen molar-refractivity contribution >= 4 is 28.0 Å². The van der Waals surface area contributed by atoms with E-state index in [1.165, 1.54) is 11.3 Å². The Kier molecular flexibility index (Phi) is 3.60. The second-order valence-corrected chi connectivity index (χ2v) is 6.54. The third-order valence-electron chi connectivity index (χ3n) is 4.17. The van der Waals surface area contributed by atoms with Crippen LogP contribution in [-0.4, -0.2) is 35.9 Å². The molecule has 2 unspecified atom stereocenters. The maximum Gasteiger partial charge on any atom is 0.350 e. The standard InChI is InChI=1S/C14H20N2O3S/c1-2-19-14(18)13-11(15)7-12(20-13)16-8-3-4-9(16)6-10(17)5-8/h7-10,17H,2-6,15H2,1H3. The molecule has 0 aromatic carbocycles. The van der Waals surface area contributed by atoms with Crippen LogP contribution >= 0.6 is 11.3 Å². The van der Waals surface area contributed by atoms with Crippen LogP contribution in [0.1, 0.15) is 42.3 Å². The highest BCUT2D eigenvalue weighted by Crippen LogP contribution is 2.43. The molecule has 0 aliphatic carbocycles. The van der Waals surface area contributed by atoms with Crippen LogP contribution in [-0.2, 0) is 4.74 Å². The van der Waals surface area contributed by atoms with Gasteiger partial charge in [-0.3, -0.25) is 0 Å². The molecular weight excluding hydrogens is 276 g/mol. The fourth-order valence-corrected chi connectivity index (χ4v) is 4.50. The number of nitrogen functional groups attached to an aromatic ring is 1. The molecule has 0 radical (unpaired) electrons. The molecule has 1 aromatic heterocycles. The maximum absolute atomic E-state index is 11.8. The molecule has 3 rings (SSSR count). The Hall–Kier alpha value is -1.27. The van der Waals surface area contributed by atoms with E-state index in [1.54, 1.807) is 6.92 Å². The highest BCUT2D eigenvalue weighted by Gasteiger charge is 2.41. The highest BCUT2D eigenvalue weighted by atomic mass is 32.1. The van der Waals surface area contributed by atoms with Gasteiger partial charge in [-0.15, -0.1) is 11.3 Å². The largest absolute Gasteiger partial charge is 0.462 e. The van der Waals surface area contributed by atoms with Crippen molar-refractivity contribution in [3.63, 3.8) is 0 Å². The molecule has 0 amide bonds. The van der Waals surface area contributed by atoms with Gasteiger partial charge in [0, 0.05) is 12.1 Å². The van der Waals surface area contributed by atoms with Gasteiger partial charge in [0.05, 0.1) is 23.4 Å². The molecule has 1 aromatic rings. The first kappa shape index (κ1) is 13.7. The Bertz CT molecular complexity index is 503. The fraction of sp³-hybridized carbons (Fsp3) is 0.643. The second kappa shape index (κ2) is 5.26. The molecule has 2 bridgehead atoms. The number of fused-ring (bicyclic) bond motifs is 2. The van der Waals surface area contributed by atoms with Crippen molar-refractivity contribution in [3.05, 3.63) is 10.9 Å². The number of piperidine rings is 1. The molecule has 110 valence electrons. The number of carbonyl (C=O) groups excluding carboxylic acids is 1. The van der Waals surface area contributed by atoms with Crippen LogP contribution in [0.4, 0.5) is 10.7 Å². The minimum absolute atomic E-state index is 0.189. The Labute approximate surface area is 122 Å². The summed E-state index contributed by atoms with van der Waals surface area (Å²) in [5, 5.41) is 10.9. The molecule has 3 heterocycles. The lowest BCUT2D eigenvalue weighted by Gasteiger charge is -2.37. The van der Waals surface area contributed by atoms with Crippen LogP contribution in [0.5, 0.6) is 0 Å². The summed E-state index contributed by atoms with van der Waals surface area (Å²) in [5.41, 5.74) is 6.45. The Morgan fingerprint density at radius 2 is 2.15 bits per heavy atom. The molecule has 0 saturated carbocycles. The SMILES string of the molecule is CCOC(=O)c1sc(N2C3CCC2CC(O)C3)cc1N. The summed E-state index contributed by atoms with van der Waals surface area (Å²) in [6, 6.07) is 2.62. The number of carbonyl (C=O) groups is 1. The van der Waals surface area contributed by atoms with Crippen LogP contribution in [0.15, 0.2) is 6.07 Å². The van der Waals surface area contributed by atoms with Crippen molar-refractivity contribution in [1.29, 1.82) is 0 Å². The Morgan fingerprint density at radius 3 is 2.75 bits per heavy atom. The molecule has 5 nitrogen and oxygen atoms in total. The quantitative estimate of drug-likeness (QED) is 0.834. The van der Waals surface area contributed by atoms with E-state index in [2.05, 4.69) is 4.90 Å². The van der Waals surface area contributed by atoms with Crippen LogP contribution in [0.2, 0.25) is 0 Å². The number of thiophene rings is 1.